The number of nitro benzene ring substituents is 1. The molecule has 0 heterocycles. The van der Waals surface area contributed by atoms with Gasteiger partial charge in [-0.25, -0.2) is 0 Å². The third kappa shape index (κ3) is 3.66. The molecule has 0 amide bonds. The quantitative estimate of drug-likeness (QED) is 0.265. The Morgan fingerprint density at radius 3 is 2.80 bits per heavy atom. The minimum atomic E-state index is -1.50. The fourth-order valence-electron chi connectivity index (χ4n) is 1.62. The van der Waals surface area contributed by atoms with Crippen LogP contribution in [0.1, 0.15) is 23.7 Å². The predicted octanol–water partition coefficient (Wildman–Crippen LogP) is 1.56. The van der Waals surface area contributed by atoms with Gasteiger partial charge in [0.05, 0.1) is 28.2 Å². The number of aliphatic hydroxyl groups excluding tert-OH is 2. The topological polar surface area (TPSA) is 156 Å². The van der Waals surface area contributed by atoms with Crippen LogP contribution in [0, 0.1) is 21.4 Å². The molecule has 9 heteroatoms. The Morgan fingerprint density at radius 1 is 1.55 bits per heavy atom. The number of hydrogen-bond donors (Lipinski definition) is 2. The Balaban J connectivity index is 3.02. The lowest BCUT2D eigenvalue weighted by molar-refractivity contribution is -0.386. The Morgan fingerprint density at radius 2 is 2.25 bits per heavy atom. The smallest absolute Gasteiger partial charge is 0.276 e. The number of nitro groups is 1. The van der Waals surface area contributed by atoms with Gasteiger partial charge in [-0.2, -0.15) is 5.26 Å². The van der Waals surface area contributed by atoms with Crippen molar-refractivity contribution in [1.29, 1.82) is 5.26 Å². The molecule has 2 unspecified atom stereocenters. The second-order valence-corrected chi connectivity index (χ2v) is 3.90. The third-order valence-electron chi connectivity index (χ3n) is 2.63. The zero-order chi connectivity index (χ0) is 15.1. The predicted molar refractivity (Wildman–Crippen MR) is 67.4 cm³/mol. The minimum Gasteiger partial charge on any atom is -0.390 e. The van der Waals surface area contributed by atoms with Crippen LogP contribution in [0.15, 0.2) is 23.3 Å². The summed E-state index contributed by atoms with van der Waals surface area (Å²) in [5, 5.41) is 42.4. The van der Waals surface area contributed by atoms with Crippen LogP contribution in [0.25, 0.3) is 10.4 Å². The largest absolute Gasteiger partial charge is 0.390 e. The van der Waals surface area contributed by atoms with E-state index in [1.54, 1.807) is 6.07 Å². The van der Waals surface area contributed by atoms with Crippen molar-refractivity contribution >= 4 is 5.69 Å². The highest BCUT2D eigenvalue weighted by Crippen LogP contribution is 2.29. The molecule has 20 heavy (non-hydrogen) atoms. The summed E-state index contributed by atoms with van der Waals surface area (Å²) in [4.78, 5) is 12.7. The Labute approximate surface area is 113 Å². The molecule has 2 N–H and O–H groups in total. The van der Waals surface area contributed by atoms with Gasteiger partial charge >= 0.3 is 0 Å². The summed E-state index contributed by atoms with van der Waals surface area (Å²) >= 11 is 0. The van der Waals surface area contributed by atoms with Crippen molar-refractivity contribution in [2.24, 2.45) is 5.11 Å². The number of aliphatic hydroxyl groups is 2. The second-order valence-electron chi connectivity index (χ2n) is 3.90. The normalized spacial score (nSPS) is 12.8. The summed E-state index contributed by atoms with van der Waals surface area (Å²) in [5.74, 6) is 0. The number of hydrogen-bond acceptors (Lipinski definition) is 6. The number of benzene rings is 1. The lowest BCUT2D eigenvalue weighted by Crippen LogP contribution is -2.20. The van der Waals surface area contributed by atoms with Gasteiger partial charge in [0.25, 0.3) is 5.69 Å². The van der Waals surface area contributed by atoms with Gasteiger partial charge in [0.2, 0.25) is 0 Å². The van der Waals surface area contributed by atoms with Gasteiger partial charge in [0, 0.05) is 17.5 Å². The molecule has 0 saturated heterocycles. The van der Waals surface area contributed by atoms with Crippen LogP contribution in [0.3, 0.4) is 0 Å². The molecule has 9 nitrogen and oxygen atoms in total. The van der Waals surface area contributed by atoms with Gasteiger partial charge in [-0.05, 0) is 24.1 Å². The Hall–Kier alpha value is -2.66. The van der Waals surface area contributed by atoms with Gasteiger partial charge in [0.15, 0.2) is 0 Å². The summed E-state index contributed by atoms with van der Waals surface area (Å²) in [5.41, 5.74) is 7.64. The van der Waals surface area contributed by atoms with E-state index >= 15 is 0 Å². The average Bonchev–Trinajstić information content (AvgIpc) is 2.45. The maximum absolute atomic E-state index is 10.9. The molecule has 0 aromatic heterocycles. The van der Waals surface area contributed by atoms with Gasteiger partial charge < -0.3 is 10.2 Å². The molecule has 2 atom stereocenters. The number of rotatable bonds is 6. The van der Waals surface area contributed by atoms with Gasteiger partial charge in [-0.1, -0.05) is 5.11 Å². The number of nitriles is 1. The van der Waals surface area contributed by atoms with Crippen molar-refractivity contribution < 1.29 is 15.1 Å². The lowest BCUT2D eigenvalue weighted by Gasteiger charge is -2.17. The molecule has 0 spiro atoms. The van der Waals surface area contributed by atoms with Crippen molar-refractivity contribution in [3.8, 4) is 6.07 Å². The van der Waals surface area contributed by atoms with E-state index in [4.69, 9.17) is 10.8 Å². The van der Waals surface area contributed by atoms with Crippen LogP contribution in [-0.2, 0) is 0 Å². The maximum Gasteiger partial charge on any atom is 0.276 e. The molecular formula is C11H11N5O4. The molecule has 0 bridgehead atoms. The van der Waals surface area contributed by atoms with Crippen molar-refractivity contribution in [2.45, 2.75) is 18.6 Å². The fourth-order valence-corrected chi connectivity index (χ4v) is 1.62. The summed E-state index contributed by atoms with van der Waals surface area (Å²) in [7, 11) is 0. The number of azide groups is 1. The van der Waals surface area contributed by atoms with Gasteiger partial charge in [-0.3, -0.25) is 10.1 Å². The van der Waals surface area contributed by atoms with Crippen LogP contribution >= 0.6 is 0 Å². The molecule has 104 valence electrons. The first-order valence-corrected chi connectivity index (χ1v) is 5.56. The standard InChI is InChI=1S/C11H11N5O4/c12-6-7-1-2-8(9(5-7)16(19)20)11(18)10(17)3-4-14-15-13/h1-2,5,10-11,17-18H,3-4H2. The molecular weight excluding hydrogens is 266 g/mol. The highest BCUT2D eigenvalue weighted by Gasteiger charge is 2.26. The highest BCUT2D eigenvalue weighted by molar-refractivity contribution is 5.48. The average molecular weight is 277 g/mol. The SMILES string of the molecule is N#Cc1ccc(C(O)C(O)CCN=[N+]=[N-])c([N+](=O)[O-])c1. The summed E-state index contributed by atoms with van der Waals surface area (Å²) < 4.78 is 0. The van der Waals surface area contributed by atoms with Crippen LogP contribution < -0.4 is 0 Å². The van der Waals surface area contributed by atoms with Crippen molar-refractivity contribution in [3.05, 3.63) is 49.9 Å². The number of nitrogens with zero attached hydrogens (tertiary/aromatic N) is 5. The summed E-state index contributed by atoms with van der Waals surface area (Å²) in [6.45, 7) is -0.0429. The molecule has 0 saturated carbocycles. The fraction of sp³-hybridized carbons (Fsp3) is 0.364. The molecule has 1 rings (SSSR count). The van der Waals surface area contributed by atoms with Gasteiger partial charge in [0.1, 0.15) is 6.10 Å². The first-order valence-electron chi connectivity index (χ1n) is 5.56. The third-order valence-corrected chi connectivity index (χ3v) is 2.63. The molecule has 0 radical (unpaired) electrons. The van der Waals surface area contributed by atoms with Crippen molar-refractivity contribution in [1.82, 2.24) is 0 Å². The molecule has 0 aliphatic rings. The maximum atomic E-state index is 10.9. The van der Waals surface area contributed by atoms with E-state index < -0.39 is 22.8 Å². The minimum absolute atomic E-state index is 0.0393. The van der Waals surface area contributed by atoms with E-state index in [0.717, 1.165) is 6.07 Å². The van der Waals surface area contributed by atoms with Crippen LogP contribution in [-0.4, -0.2) is 27.8 Å². The van der Waals surface area contributed by atoms with E-state index in [9.17, 15) is 20.3 Å². The molecule has 0 aliphatic heterocycles. The summed E-state index contributed by atoms with van der Waals surface area (Å²) in [6.07, 6.45) is -2.85. The monoisotopic (exact) mass is 277 g/mol. The summed E-state index contributed by atoms with van der Waals surface area (Å²) in [6, 6.07) is 5.31. The molecule has 1 aromatic rings. The molecule has 0 fully saturated rings. The first kappa shape index (κ1) is 15.4. The van der Waals surface area contributed by atoms with Crippen molar-refractivity contribution in [3.63, 3.8) is 0 Å². The van der Waals surface area contributed by atoms with E-state index in [2.05, 4.69) is 10.0 Å². The van der Waals surface area contributed by atoms with E-state index in [-0.39, 0.29) is 24.1 Å². The zero-order valence-electron chi connectivity index (χ0n) is 10.2. The first-order chi connectivity index (χ1) is 9.51. The van der Waals surface area contributed by atoms with E-state index in [1.807, 2.05) is 0 Å². The van der Waals surface area contributed by atoms with Crippen LogP contribution in [0.4, 0.5) is 5.69 Å². The lowest BCUT2D eigenvalue weighted by atomic mass is 9.99. The second kappa shape index (κ2) is 7.06. The van der Waals surface area contributed by atoms with Gasteiger partial charge in [-0.15, -0.1) is 0 Å². The highest BCUT2D eigenvalue weighted by atomic mass is 16.6. The van der Waals surface area contributed by atoms with Crippen LogP contribution in [0.5, 0.6) is 0 Å². The molecule has 1 aromatic carbocycles. The molecule has 0 aliphatic carbocycles. The Bertz CT molecular complexity index is 591. The van der Waals surface area contributed by atoms with Crippen molar-refractivity contribution in [2.75, 3.05) is 6.54 Å². The van der Waals surface area contributed by atoms with E-state index in [1.165, 1.54) is 12.1 Å². The Kier molecular flexibility index (Phi) is 5.43. The van der Waals surface area contributed by atoms with Crippen LogP contribution in [0.2, 0.25) is 0 Å². The van der Waals surface area contributed by atoms with E-state index in [0.29, 0.717) is 0 Å². The zero-order valence-corrected chi connectivity index (χ0v) is 10.2.